The van der Waals surface area contributed by atoms with Gasteiger partial charge in [-0.25, -0.2) is 9.97 Å². The smallest absolute Gasteiger partial charge is 0.225 e. The molecule has 0 amide bonds. The zero-order valence-electron chi connectivity index (χ0n) is 12.9. The molecule has 6 heteroatoms. The van der Waals surface area contributed by atoms with E-state index in [1.165, 1.54) is 5.56 Å². The van der Waals surface area contributed by atoms with Crippen molar-refractivity contribution < 1.29 is 0 Å². The molecule has 0 spiro atoms. The first kappa shape index (κ1) is 15.4. The monoisotopic (exact) mass is 361 g/mol. The second kappa shape index (κ2) is 6.71. The van der Waals surface area contributed by atoms with Crippen molar-refractivity contribution in [3.63, 3.8) is 0 Å². The van der Waals surface area contributed by atoms with E-state index in [4.69, 9.17) is 0 Å². The molecule has 2 aromatic heterocycles. The van der Waals surface area contributed by atoms with Gasteiger partial charge in [0, 0.05) is 61.5 Å². The largest absolute Gasteiger partial charge is 0.340 e. The van der Waals surface area contributed by atoms with Crippen LogP contribution in [-0.2, 0) is 6.54 Å². The van der Waals surface area contributed by atoms with E-state index < -0.39 is 0 Å². The molecule has 22 heavy (non-hydrogen) atoms. The van der Waals surface area contributed by atoms with Crippen LogP contribution in [0.1, 0.15) is 17.7 Å². The minimum absolute atomic E-state index is 0.460. The van der Waals surface area contributed by atoms with Crippen LogP contribution in [0.3, 0.4) is 0 Å². The molecule has 0 radical (unpaired) electrons. The first-order chi connectivity index (χ1) is 10.6. The molecule has 5 nitrogen and oxygen atoms in total. The van der Waals surface area contributed by atoms with E-state index >= 15 is 0 Å². The normalized spacial score (nSPS) is 18.6. The number of anilines is 1. The van der Waals surface area contributed by atoms with Crippen molar-refractivity contribution >= 4 is 21.9 Å². The lowest BCUT2D eigenvalue weighted by atomic mass is 10.2. The van der Waals surface area contributed by atoms with Crippen LogP contribution in [0.25, 0.3) is 0 Å². The Labute approximate surface area is 139 Å². The third-order valence-electron chi connectivity index (χ3n) is 4.06. The van der Waals surface area contributed by atoms with Crippen molar-refractivity contribution in [3.8, 4) is 0 Å². The van der Waals surface area contributed by atoms with Crippen molar-refractivity contribution in [2.45, 2.75) is 25.9 Å². The lowest BCUT2D eigenvalue weighted by Crippen LogP contribution is -2.35. The number of nitrogens with zero attached hydrogens (tertiary/aromatic N) is 5. The lowest BCUT2D eigenvalue weighted by Gasteiger charge is -2.25. The summed E-state index contributed by atoms with van der Waals surface area (Å²) in [5.41, 5.74) is 2.25. The Morgan fingerprint density at radius 1 is 1.41 bits per heavy atom. The van der Waals surface area contributed by atoms with Crippen LogP contribution in [0.4, 0.5) is 5.95 Å². The van der Waals surface area contributed by atoms with Crippen molar-refractivity contribution in [2.75, 3.05) is 25.0 Å². The molecule has 1 atom stereocenters. The number of likely N-dealkylation sites (tertiary alicyclic amines) is 1. The summed E-state index contributed by atoms with van der Waals surface area (Å²) in [7, 11) is 2.09. The highest BCUT2D eigenvalue weighted by Gasteiger charge is 2.27. The van der Waals surface area contributed by atoms with Crippen LogP contribution in [0, 0.1) is 6.92 Å². The average Bonchev–Trinajstić information content (AvgIpc) is 2.95. The Morgan fingerprint density at radius 2 is 2.27 bits per heavy atom. The molecular formula is C16H20BrN5. The van der Waals surface area contributed by atoms with Crippen LogP contribution in [0.5, 0.6) is 0 Å². The molecule has 1 unspecified atom stereocenters. The van der Waals surface area contributed by atoms with Crippen LogP contribution < -0.4 is 4.90 Å². The summed E-state index contributed by atoms with van der Waals surface area (Å²) < 4.78 is 1.03. The average molecular weight is 362 g/mol. The van der Waals surface area contributed by atoms with Gasteiger partial charge in [-0.15, -0.1) is 0 Å². The highest BCUT2D eigenvalue weighted by atomic mass is 79.9. The van der Waals surface area contributed by atoms with E-state index in [0.29, 0.717) is 6.04 Å². The number of aromatic nitrogens is 3. The van der Waals surface area contributed by atoms with Gasteiger partial charge in [0.25, 0.3) is 0 Å². The molecular weight excluding hydrogens is 342 g/mol. The van der Waals surface area contributed by atoms with Crippen LogP contribution in [0.2, 0.25) is 0 Å². The first-order valence-corrected chi connectivity index (χ1v) is 8.25. The fraction of sp³-hybridized carbons (Fsp3) is 0.438. The zero-order valence-corrected chi connectivity index (χ0v) is 14.5. The number of aryl methyl sites for hydroxylation is 1. The summed E-state index contributed by atoms with van der Waals surface area (Å²) >= 11 is 3.48. The molecule has 0 bridgehead atoms. The lowest BCUT2D eigenvalue weighted by molar-refractivity contribution is 0.325. The number of pyridine rings is 1. The Morgan fingerprint density at radius 3 is 3.05 bits per heavy atom. The van der Waals surface area contributed by atoms with Gasteiger partial charge >= 0.3 is 0 Å². The van der Waals surface area contributed by atoms with Crippen molar-refractivity contribution in [2.24, 2.45) is 0 Å². The fourth-order valence-corrected chi connectivity index (χ4v) is 3.25. The van der Waals surface area contributed by atoms with Crippen LogP contribution in [0.15, 0.2) is 35.2 Å². The molecule has 0 saturated carbocycles. The van der Waals surface area contributed by atoms with Gasteiger partial charge in [0.15, 0.2) is 0 Å². The van der Waals surface area contributed by atoms with Gasteiger partial charge in [-0.05, 0) is 47.0 Å². The second-order valence-electron chi connectivity index (χ2n) is 5.80. The maximum Gasteiger partial charge on any atom is 0.225 e. The number of halogens is 1. The number of hydrogen-bond donors (Lipinski definition) is 0. The minimum Gasteiger partial charge on any atom is -0.340 e. The Bertz CT molecular complexity index is 648. The molecule has 1 aliphatic heterocycles. The maximum atomic E-state index is 4.52. The number of rotatable bonds is 4. The maximum absolute atomic E-state index is 4.52. The van der Waals surface area contributed by atoms with Crippen LogP contribution in [-0.4, -0.2) is 46.0 Å². The molecule has 1 aliphatic rings. The SMILES string of the molecule is Cc1ccnc(N(C)C2CCN(Cc3cncc(Br)c3)C2)n1. The molecule has 0 N–H and O–H groups in total. The van der Waals surface area contributed by atoms with E-state index in [1.807, 2.05) is 31.6 Å². The van der Waals surface area contributed by atoms with E-state index in [-0.39, 0.29) is 0 Å². The summed E-state index contributed by atoms with van der Waals surface area (Å²) in [5, 5.41) is 0. The Kier molecular flexibility index (Phi) is 4.69. The quantitative estimate of drug-likeness (QED) is 0.837. The van der Waals surface area contributed by atoms with Gasteiger partial charge in [-0.2, -0.15) is 0 Å². The molecule has 0 aromatic carbocycles. The number of hydrogen-bond acceptors (Lipinski definition) is 5. The molecule has 116 valence electrons. The zero-order chi connectivity index (χ0) is 15.5. The minimum atomic E-state index is 0.460. The predicted octanol–water partition coefficient (Wildman–Crippen LogP) is 2.65. The molecule has 2 aromatic rings. The van der Waals surface area contributed by atoms with E-state index in [0.717, 1.165) is 42.2 Å². The standard InChI is InChI=1S/C16H20BrN5/c1-12-3-5-19-16(20-12)21(2)15-4-6-22(11-15)10-13-7-14(17)9-18-8-13/h3,5,7-9,15H,4,6,10-11H2,1-2H3. The molecule has 0 aliphatic carbocycles. The Balaban J connectivity index is 1.62. The highest BCUT2D eigenvalue weighted by molar-refractivity contribution is 9.10. The van der Waals surface area contributed by atoms with E-state index in [1.54, 1.807) is 0 Å². The first-order valence-electron chi connectivity index (χ1n) is 7.46. The molecule has 1 saturated heterocycles. The van der Waals surface area contributed by atoms with Gasteiger partial charge in [-0.1, -0.05) is 0 Å². The summed E-state index contributed by atoms with van der Waals surface area (Å²) in [5.74, 6) is 0.816. The Hall–Kier alpha value is -1.53. The van der Waals surface area contributed by atoms with Crippen molar-refractivity contribution in [3.05, 3.63) is 46.5 Å². The molecule has 3 heterocycles. The molecule has 1 fully saturated rings. The second-order valence-corrected chi connectivity index (χ2v) is 6.71. The third-order valence-corrected chi connectivity index (χ3v) is 4.49. The summed E-state index contributed by atoms with van der Waals surface area (Å²) in [6, 6.07) is 4.52. The van der Waals surface area contributed by atoms with Gasteiger partial charge < -0.3 is 4.90 Å². The van der Waals surface area contributed by atoms with Crippen LogP contribution >= 0.6 is 15.9 Å². The van der Waals surface area contributed by atoms with E-state index in [2.05, 4.69) is 53.8 Å². The predicted molar refractivity (Wildman–Crippen MR) is 90.8 cm³/mol. The van der Waals surface area contributed by atoms with Gasteiger partial charge in [0.2, 0.25) is 5.95 Å². The third kappa shape index (κ3) is 3.62. The van der Waals surface area contributed by atoms with Crippen molar-refractivity contribution in [1.82, 2.24) is 19.9 Å². The fourth-order valence-electron chi connectivity index (χ4n) is 2.84. The van der Waals surface area contributed by atoms with E-state index in [9.17, 15) is 0 Å². The summed E-state index contributed by atoms with van der Waals surface area (Å²) in [6.45, 7) is 5.05. The van der Waals surface area contributed by atoms with Crippen molar-refractivity contribution in [1.29, 1.82) is 0 Å². The summed E-state index contributed by atoms with van der Waals surface area (Å²) in [6.07, 6.45) is 6.72. The topological polar surface area (TPSA) is 45.2 Å². The van der Waals surface area contributed by atoms with Gasteiger partial charge in [-0.3, -0.25) is 9.88 Å². The molecule has 3 rings (SSSR count). The highest BCUT2D eigenvalue weighted by Crippen LogP contribution is 2.21. The number of likely N-dealkylation sites (N-methyl/N-ethyl adjacent to an activating group) is 1. The van der Waals surface area contributed by atoms with Gasteiger partial charge in [0.05, 0.1) is 0 Å². The van der Waals surface area contributed by atoms with Gasteiger partial charge in [0.1, 0.15) is 0 Å². The summed E-state index contributed by atoms with van der Waals surface area (Å²) in [4.78, 5) is 17.8.